The molecule has 3 aromatic rings. The van der Waals surface area contributed by atoms with Gasteiger partial charge in [0.05, 0.1) is 10.6 Å². The van der Waals surface area contributed by atoms with Crippen LogP contribution in [0.1, 0.15) is 10.5 Å². The van der Waals surface area contributed by atoms with Crippen molar-refractivity contribution in [3.63, 3.8) is 0 Å². The lowest BCUT2D eigenvalue weighted by Crippen LogP contribution is -2.28. The lowest BCUT2D eigenvalue weighted by molar-refractivity contribution is 0.0984. The minimum Gasteiger partial charge on any atom is -0.310 e. The highest BCUT2D eigenvalue weighted by Gasteiger charge is 2.19. The van der Waals surface area contributed by atoms with Gasteiger partial charge in [-0.2, -0.15) is 5.10 Å². The Balaban J connectivity index is 1.88. The van der Waals surface area contributed by atoms with E-state index in [0.717, 1.165) is 11.8 Å². The standard InChI is InChI=1S/C19H18ClN3O3S/c1-22(15-8-10-16(11-9-15)27(3,25)26)19(24)18-12-17(21-23(18)2)13-4-6-14(20)7-5-13/h4-12H,1-3H3. The van der Waals surface area contributed by atoms with Crippen molar-refractivity contribution in [3.8, 4) is 11.3 Å². The van der Waals surface area contributed by atoms with E-state index in [1.807, 2.05) is 12.1 Å². The van der Waals surface area contributed by atoms with Crippen LogP contribution < -0.4 is 4.90 Å². The number of aromatic nitrogens is 2. The number of sulfone groups is 1. The number of carbonyl (C=O) groups is 1. The molecule has 3 rings (SSSR count). The number of benzene rings is 2. The van der Waals surface area contributed by atoms with Gasteiger partial charge in [-0.05, 0) is 42.5 Å². The van der Waals surface area contributed by atoms with E-state index < -0.39 is 9.84 Å². The largest absolute Gasteiger partial charge is 0.310 e. The van der Waals surface area contributed by atoms with Crippen molar-refractivity contribution in [2.24, 2.45) is 7.05 Å². The van der Waals surface area contributed by atoms with Crippen molar-refractivity contribution < 1.29 is 13.2 Å². The monoisotopic (exact) mass is 403 g/mol. The summed E-state index contributed by atoms with van der Waals surface area (Å²) in [6, 6.07) is 15.1. The fourth-order valence-corrected chi connectivity index (χ4v) is 3.39. The average molecular weight is 404 g/mol. The second-order valence-corrected chi connectivity index (χ2v) is 8.63. The Hall–Kier alpha value is -2.64. The Morgan fingerprint density at radius 3 is 2.22 bits per heavy atom. The molecule has 140 valence electrons. The van der Waals surface area contributed by atoms with Gasteiger partial charge in [0.1, 0.15) is 5.69 Å². The van der Waals surface area contributed by atoms with Gasteiger partial charge in [-0.3, -0.25) is 9.48 Å². The van der Waals surface area contributed by atoms with Crippen molar-refractivity contribution in [2.45, 2.75) is 4.90 Å². The molecule has 0 aliphatic heterocycles. The van der Waals surface area contributed by atoms with Crippen molar-refractivity contribution in [1.82, 2.24) is 9.78 Å². The average Bonchev–Trinajstić information content (AvgIpc) is 3.02. The van der Waals surface area contributed by atoms with E-state index in [-0.39, 0.29) is 10.8 Å². The summed E-state index contributed by atoms with van der Waals surface area (Å²) in [6.45, 7) is 0. The Morgan fingerprint density at radius 2 is 1.67 bits per heavy atom. The van der Waals surface area contributed by atoms with Gasteiger partial charge in [0.2, 0.25) is 0 Å². The van der Waals surface area contributed by atoms with Crippen LogP contribution in [0, 0.1) is 0 Å². The van der Waals surface area contributed by atoms with Crippen molar-refractivity contribution in [3.05, 3.63) is 65.3 Å². The van der Waals surface area contributed by atoms with E-state index in [2.05, 4.69) is 5.10 Å². The highest BCUT2D eigenvalue weighted by Crippen LogP contribution is 2.23. The fraction of sp³-hybridized carbons (Fsp3) is 0.158. The topological polar surface area (TPSA) is 72.3 Å². The Kier molecular flexibility index (Phi) is 5.08. The molecule has 0 radical (unpaired) electrons. The molecule has 0 N–H and O–H groups in total. The van der Waals surface area contributed by atoms with Crippen molar-refractivity contribution in [2.75, 3.05) is 18.2 Å². The second kappa shape index (κ2) is 7.17. The third-order valence-electron chi connectivity index (χ3n) is 4.20. The van der Waals surface area contributed by atoms with Gasteiger partial charge < -0.3 is 4.90 Å². The molecule has 0 atom stereocenters. The fourth-order valence-electron chi connectivity index (χ4n) is 2.64. The zero-order valence-electron chi connectivity index (χ0n) is 15.0. The number of aryl methyl sites for hydroxylation is 1. The predicted molar refractivity (Wildman–Crippen MR) is 106 cm³/mol. The van der Waals surface area contributed by atoms with E-state index in [1.165, 1.54) is 21.7 Å². The quantitative estimate of drug-likeness (QED) is 0.669. The van der Waals surface area contributed by atoms with Crippen LogP contribution in [-0.2, 0) is 16.9 Å². The summed E-state index contributed by atoms with van der Waals surface area (Å²) in [4.78, 5) is 14.5. The molecule has 2 aromatic carbocycles. The maximum Gasteiger partial charge on any atom is 0.276 e. The first kappa shape index (κ1) is 19.1. The second-order valence-electron chi connectivity index (χ2n) is 6.18. The van der Waals surface area contributed by atoms with Gasteiger partial charge in [0.15, 0.2) is 9.84 Å². The predicted octanol–water partition coefficient (Wildman–Crippen LogP) is 3.42. The summed E-state index contributed by atoms with van der Waals surface area (Å²) in [5.41, 5.74) is 2.52. The Morgan fingerprint density at radius 1 is 1.07 bits per heavy atom. The minimum absolute atomic E-state index is 0.206. The molecule has 6 nitrogen and oxygen atoms in total. The maximum atomic E-state index is 12.9. The van der Waals surface area contributed by atoms with Crippen LogP contribution in [0.2, 0.25) is 5.02 Å². The first-order valence-corrected chi connectivity index (χ1v) is 10.3. The van der Waals surface area contributed by atoms with Gasteiger partial charge in [-0.15, -0.1) is 0 Å². The molecule has 0 fully saturated rings. The summed E-state index contributed by atoms with van der Waals surface area (Å²) < 4.78 is 24.7. The Bertz CT molecular complexity index is 1090. The number of amides is 1. The first-order valence-electron chi connectivity index (χ1n) is 8.05. The molecular weight excluding hydrogens is 386 g/mol. The molecular formula is C19H18ClN3O3S. The summed E-state index contributed by atoms with van der Waals surface area (Å²) in [5, 5.41) is 5.03. The molecule has 1 aromatic heterocycles. The van der Waals surface area contributed by atoms with E-state index in [0.29, 0.717) is 22.1 Å². The van der Waals surface area contributed by atoms with E-state index in [1.54, 1.807) is 44.4 Å². The van der Waals surface area contributed by atoms with Gasteiger partial charge in [-0.25, -0.2) is 8.42 Å². The summed E-state index contributed by atoms with van der Waals surface area (Å²) in [6.07, 6.45) is 1.14. The molecule has 0 bridgehead atoms. The van der Waals surface area contributed by atoms with Gasteiger partial charge in [0, 0.05) is 36.6 Å². The third-order valence-corrected chi connectivity index (χ3v) is 5.58. The minimum atomic E-state index is -3.28. The number of hydrogen-bond acceptors (Lipinski definition) is 4. The van der Waals surface area contributed by atoms with Crippen LogP contribution in [0.5, 0.6) is 0 Å². The van der Waals surface area contributed by atoms with Gasteiger partial charge in [0.25, 0.3) is 5.91 Å². The van der Waals surface area contributed by atoms with E-state index in [4.69, 9.17) is 11.6 Å². The van der Waals surface area contributed by atoms with Crippen LogP contribution in [-0.4, -0.2) is 37.4 Å². The number of carbonyl (C=O) groups excluding carboxylic acids is 1. The molecule has 0 saturated heterocycles. The smallest absolute Gasteiger partial charge is 0.276 e. The maximum absolute atomic E-state index is 12.9. The normalized spacial score (nSPS) is 11.4. The van der Waals surface area contributed by atoms with Crippen molar-refractivity contribution in [1.29, 1.82) is 0 Å². The number of nitrogens with zero attached hydrogens (tertiary/aromatic N) is 3. The summed E-state index contributed by atoms with van der Waals surface area (Å²) in [7, 11) is 0.0516. The van der Waals surface area contributed by atoms with Crippen LogP contribution >= 0.6 is 11.6 Å². The highest BCUT2D eigenvalue weighted by molar-refractivity contribution is 7.90. The molecule has 0 aliphatic carbocycles. The van der Waals surface area contributed by atoms with Crippen LogP contribution in [0.15, 0.2) is 59.5 Å². The van der Waals surface area contributed by atoms with E-state index in [9.17, 15) is 13.2 Å². The number of halogens is 1. The number of anilines is 1. The summed E-state index contributed by atoms with van der Waals surface area (Å²) >= 11 is 5.91. The molecule has 0 unspecified atom stereocenters. The number of hydrogen-bond donors (Lipinski definition) is 0. The summed E-state index contributed by atoms with van der Waals surface area (Å²) in [5.74, 6) is -0.252. The number of rotatable bonds is 4. The SMILES string of the molecule is CN(C(=O)c1cc(-c2ccc(Cl)cc2)nn1C)c1ccc(S(C)(=O)=O)cc1. The molecule has 0 spiro atoms. The molecule has 8 heteroatoms. The van der Waals surface area contributed by atoms with Crippen LogP contribution in [0.25, 0.3) is 11.3 Å². The molecule has 0 aliphatic rings. The molecule has 1 heterocycles. The van der Waals surface area contributed by atoms with Gasteiger partial charge in [-0.1, -0.05) is 23.7 Å². The zero-order chi connectivity index (χ0) is 19.8. The van der Waals surface area contributed by atoms with Gasteiger partial charge >= 0.3 is 0 Å². The molecule has 27 heavy (non-hydrogen) atoms. The van der Waals surface area contributed by atoms with Crippen LogP contribution in [0.4, 0.5) is 5.69 Å². The lowest BCUT2D eigenvalue weighted by Gasteiger charge is -2.17. The van der Waals surface area contributed by atoms with E-state index >= 15 is 0 Å². The van der Waals surface area contributed by atoms with Crippen molar-refractivity contribution >= 4 is 33.0 Å². The first-order chi connectivity index (χ1) is 12.7. The zero-order valence-corrected chi connectivity index (χ0v) is 16.6. The third kappa shape index (κ3) is 4.04. The highest BCUT2D eigenvalue weighted by atomic mass is 35.5. The van der Waals surface area contributed by atoms with Crippen LogP contribution in [0.3, 0.4) is 0 Å². The molecule has 1 amide bonds. The lowest BCUT2D eigenvalue weighted by atomic mass is 10.1. The molecule has 0 saturated carbocycles. The Labute approximate surface area is 162 Å².